The Hall–Kier alpha value is -1.20. The molecule has 0 aliphatic carbocycles. The van der Waals surface area contributed by atoms with Gasteiger partial charge in [-0.1, -0.05) is 11.6 Å². The molecule has 5 nitrogen and oxygen atoms in total. The molecule has 0 radical (unpaired) electrons. The number of hydrogen-bond donors (Lipinski definition) is 0. The summed E-state index contributed by atoms with van der Waals surface area (Å²) in [4.78, 5) is 8.49. The van der Waals surface area contributed by atoms with Gasteiger partial charge in [0.05, 0.1) is 25.0 Å². The average Bonchev–Trinajstić information content (AvgIpc) is 2.97. The third kappa shape index (κ3) is 1.89. The Morgan fingerprint density at radius 3 is 3.18 bits per heavy atom. The molecule has 2 unspecified atom stereocenters. The molecule has 0 saturated carbocycles. The van der Waals surface area contributed by atoms with Crippen LogP contribution < -0.4 is 0 Å². The summed E-state index contributed by atoms with van der Waals surface area (Å²) in [5.74, 6) is 0.485. The van der Waals surface area contributed by atoms with Gasteiger partial charge in [0.2, 0.25) is 0 Å². The van der Waals surface area contributed by atoms with Gasteiger partial charge in [-0.15, -0.1) is 0 Å². The lowest BCUT2D eigenvalue weighted by Crippen LogP contribution is -2.18. The van der Waals surface area contributed by atoms with Crippen LogP contribution in [0.1, 0.15) is 19.4 Å². The third-order valence-electron chi connectivity index (χ3n) is 3.31. The Morgan fingerprint density at radius 1 is 1.53 bits per heavy atom. The predicted octanol–water partition coefficient (Wildman–Crippen LogP) is 2.08. The molecule has 2 aromatic rings. The van der Waals surface area contributed by atoms with E-state index < -0.39 is 0 Å². The first kappa shape index (κ1) is 10.9. The number of ether oxygens (including phenoxy) is 1. The zero-order valence-electron chi connectivity index (χ0n) is 9.51. The standard InChI is InChI=1S/C11H13ClN4O/c1-7(8-2-3-17-6-8)16-11-9(4-14-16)13-5-10(12)15-11/h4-5,7-8H,2-3,6H2,1H3. The molecule has 90 valence electrons. The van der Waals surface area contributed by atoms with Crippen molar-refractivity contribution in [2.24, 2.45) is 5.92 Å². The highest BCUT2D eigenvalue weighted by Gasteiger charge is 2.25. The van der Waals surface area contributed by atoms with Crippen LogP contribution in [-0.2, 0) is 4.74 Å². The van der Waals surface area contributed by atoms with E-state index in [2.05, 4.69) is 22.0 Å². The van der Waals surface area contributed by atoms with Crippen LogP contribution >= 0.6 is 11.6 Å². The first-order valence-electron chi connectivity index (χ1n) is 5.69. The van der Waals surface area contributed by atoms with Crippen LogP contribution in [0.3, 0.4) is 0 Å². The first-order chi connectivity index (χ1) is 8.25. The highest BCUT2D eigenvalue weighted by atomic mass is 35.5. The van der Waals surface area contributed by atoms with Crippen LogP contribution in [-0.4, -0.2) is 33.0 Å². The molecule has 0 spiro atoms. The topological polar surface area (TPSA) is 52.8 Å². The smallest absolute Gasteiger partial charge is 0.178 e. The SMILES string of the molecule is CC(C1CCOC1)n1ncc2ncc(Cl)nc21. The maximum Gasteiger partial charge on any atom is 0.178 e. The summed E-state index contributed by atoms with van der Waals surface area (Å²) in [6, 6.07) is 0.253. The Balaban J connectivity index is 2.01. The van der Waals surface area contributed by atoms with Gasteiger partial charge < -0.3 is 4.74 Å². The quantitative estimate of drug-likeness (QED) is 0.821. The van der Waals surface area contributed by atoms with Gasteiger partial charge in [0.15, 0.2) is 5.65 Å². The molecule has 17 heavy (non-hydrogen) atoms. The van der Waals surface area contributed by atoms with E-state index in [-0.39, 0.29) is 6.04 Å². The van der Waals surface area contributed by atoms with Crippen LogP contribution in [0.4, 0.5) is 0 Å². The molecular weight excluding hydrogens is 240 g/mol. The van der Waals surface area contributed by atoms with Crippen molar-refractivity contribution in [1.82, 2.24) is 19.7 Å². The number of nitrogens with zero attached hydrogens (tertiary/aromatic N) is 4. The van der Waals surface area contributed by atoms with E-state index in [1.165, 1.54) is 0 Å². The van der Waals surface area contributed by atoms with Crippen molar-refractivity contribution in [1.29, 1.82) is 0 Å². The minimum Gasteiger partial charge on any atom is -0.381 e. The second kappa shape index (κ2) is 4.23. The Labute approximate surface area is 104 Å². The summed E-state index contributed by atoms with van der Waals surface area (Å²) in [7, 11) is 0. The molecule has 6 heteroatoms. The molecule has 0 amide bonds. The summed E-state index contributed by atoms with van der Waals surface area (Å²) in [5, 5.41) is 4.76. The number of hydrogen-bond acceptors (Lipinski definition) is 4. The third-order valence-corrected chi connectivity index (χ3v) is 3.49. The molecular formula is C11H13ClN4O. The molecule has 1 saturated heterocycles. The number of rotatable bonds is 2. The highest BCUT2D eigenvalue weighted by Crippen LogP contribution is 2.27. The molecule has 1 aliphatic rings. The average molecular weight is 253 g/mol. The monoisotopic (exact) mass is 252 g/mol. The van der Waals surface area contributed by atoms with Crippen molar-refractivity contribution in [3.8, 4) is 0 Å². The van der Waals surface area contributed by atoms with Crippen LogP contribution in [0.25, 0.3) is 11.2 Å². The minimum absolute atomic E-state index is 0.253. The van der Waals surface area contributed by atoms with Crippen LogP contribution in [0.2, 0.25) is 5.15 Å². The number of fused-ring (bicyclic) bond motifs is 1. The molecule has 0 bridgehead atoms. The fraction of sp³-hybridized carbons (Fsp3) is 0.545. The van der Waals surface area contributed by atoms with Gasteiger partial charge in [0.1, 0.15) is 10.7 Å². The molecule has 3 heterocycles. The van der Waals surface area contributed by atoms with Crippen LogP contribution in [0.15, 0.2) is 12.4 Å². The summed E-state index contributed by atoms with van der Waals surface area (Å²) >= 11 is 5.87. The van der Waals surface area contributed by atoms with Gasteiger partial charge in [-0.25, -0.2) is 14.6 Å². The lowest BCUT2D eigenvalue weighted by molar-refractivity contribution is 0.173. The second-order valence-corrected chi connectivity index (χ2v) is 4.74. The first-order valence-corrected chi connectivity index (χ1v) is 6.07. The van der Waals surface area contributed by atoms with E-state index in [1.807, 2.05) is 4.68 Å². The Kier molecular flexibility index (Phi) is 2.72. The normalized spacial score (nSPS) is 22.1. The van der Waals surface area contributed by atoms with Crippen molar-refractivity contribution in [2.75, 3.05) is 13.2 Å². The van der Waals surface area contributed by atoms with E-state index >= 15 is 0 Å². The van der Waals surface area contributed by atoms with Gasteiger partial charge in [-0.3, -0.25) is 0 Å². The fourth-order valence-electron chi connectivity index (χ4n) is 2.23. The Morgan fingerprint density at radius 2 is 2.41 bits per heavy atom. The summed E-state index contributed by atoms with van der Waals surface area (Å²) in [6.07, 6.45) is 4.33. The molecule has 1 aliphatic heterocycles. The molecule has 0 aromatic carbocycles. The maximum atomic E-state index is 5.87. The predicted molar refractivity (Wildman–Crippen MR) is 64.0 cm³/mol. The number of halogens is 1. The molecule has 0 N–H and O–H groups in total. The van der Waals surface area contributed by atoms with Gasteiger partial charge >= 0.3 is 0 Å². The second-order valence-electron chi connectivity index (χ2n) is 4.35. The van der Waals surface area contributed by atoms with Crippen molar-refractivity contribution in [3.05, 3.63) is 17.5 Å². The highest BCUT2D eigenvalue weighted by molar-refractivity contribution is 6.29. The van der Waals surface area contributed by atoms with Gasteiger partial charge in [-0.2, -0.15) is 5.10 Å². The molecule has 1 fully saturated rings. The lowest BCUT2D eigenvalue weighted by atomic mass is 10.0. The van der Waals surface area contributed by atoms with Crippen molar-refractivity contribution in [2.45, 2.75) is 19.4 Å². The fourth-order valence-corrected chi connectivity index (χ4v) is 2.36. The van der Waals surface area contributed by atoms with Crippen LogP contribution in [0.5, 0.6) is 0 Å². The molecule has 2 atom stereocenters. The van der Waals surface area contributed by atoms with Crippen molar-refractivity contribution < 1.29 is 4.74 Å². The zero-order valence-corrected chi connectivity index (χ0v) is 10.3. The van der Waals surface area contributed by atoms with E-state index in [0.717, 1.165) is 30.8 Å². The zero-order chi connectivity index (χ0) is 11.8. The summed E-state index contributed by atoms with van der Waals surface area (Å²) in [5.41, 5.74) is 1.53. The van der Waals surface area contributed by atoms with E-state index in [9.17, 15) is 0 Å². The maximum absolute atomic E-state index is 5.87. The van der Waals surface area contributed by atoms with Gasteiger partial charge in [0.25, 0.3) is 0 Å². The molecule has 3 rings (SSSR count). The van der Waals surface area contributed by atoms with Crippen molar-refractivity contribution in [3.63, 3.8) is 0 Å². The Bertz CT molecular complexity index is 535. The van der Waals surface area contributed by atoms with E-state index in [4.69, 9.17) is 16.3 Å². The van der Waals surface area contributed by atoms with E-state index in [0.29, 0.717) is 11.1 Å². The van der Waals surface area contributed by atoms with Gasteiger partial charge in [0, 0.05) is 12.5 Å². The summed E-state index contributed by atoms with van der Waals surface area (Å²) < 4.78 is 7.31. The summed E-state index contributed by atoms with van der Waals surface area (Å²) in [6.45, 7) is 3.76. The molecule has 2 aromatic heterocycles. The van der Waals surface area contributed by atoms with Crippen molar-refractivity contribution >= 4 is 22.8 Å². The van der Waals surface area contributed by atoms with Crippen LogP contribution in [0, 0.1) is 5.92 Å². The minimum atomic E-state index is 0.253. The lowest BCUT2D eigenvalue weighted by Gasteiger charge is -2.18. The van der Waals surface area contributed by atoms with Gasteiger partial charge in [-0.05, 0) is 13.3 Å². The van der Waals surface area contributed by atoms with E-state index in [1.54, 1.807) is 12.4 Å². The number of aromatic nitrogens is 4. The largest absolute Gasteiger partial charge is 0.381 e.